The van der Waals surface area contributed by atoms with Gasteiger partial charge in [0, 0.05) is 21.9 Å². The summed E-state index contributed by atoms with van der Waals surface area (Å²) < 4.78 is 41.3. The highest BCUT2D eigenvalue weighted by atomic mass is 79.9. The molecule has 23 heavy (non-hydrogen) atoms. The van der Waals surface area contributed by atoms with Gasteiger partial charge in [0.05, 0.1) is 12.7 Å². The molecule has 1 N–H and O–H groups in total. The molecule has 1 atom stereocenters. The number of aliphatic hydroxyl groups excluding tert-OH is 1. The molecule has 130 valence electrons. The van der Waals surface area contributed by atoms with Gasteiger partial charge in [0.1, 0.15) is 11.9 Å². The van der Waals surface area contributed by atoms with Crippen molar-refractivity contribution in [1.29, 1.82) is 0 Å². The molecular formula is C15H19BrF3NO3. The zero-order valence-corrected chi connectivity index (χ0v) is 15.0. The smallest absolute Gasteiger partial charge is 0.417 e. The van der Waals surface area contributed by atoms with E-state index in [-0.39, 0.29) is 10.3 Å². The molecule has 0 saturated carbocycles. The van der Waals surface area contributed by atoms with E-state index in [1.165, 1.54) is 21.0 Å². The number of allylic oxidation sites excluding steroid dienone is 1. The Hall–Kier alpha value is -1.41. The van der Waals surface area contributed by atoms with Crippen molar-refractivity contribution in [2.45, 2.75) is 40.0 Å². The third kappa shape index (κ3) is 7.13. The van der Waals surface area contributed by atoms with Crippen LogP contribution in [0.25, 0.3) is 0 Å². The van der Waals surface area contributed by atoms with Crippen molar-refractivity contribution >= 4 is 21.7 Å². The van der Waals surface area contributed by atoms with E-state index in [1.54, 1.807) is 13.8 Å². The van der Waals surface area contributed by atoms with Gasteiger partial charge in [-0.25, -0.2) is 0 Å². The van der Waals surface area contributed by atoms with E-state index in [2.05, 4.69) is 20.9 Å². The molecule has 0 bridgehead atoms. The topological polar surface area (TPSA) is 59.4 Å². The molecule has 0 spiro atoms. The van der Waals surface area contributed by atoms with Crippen LogP contribution in [0.5, 0.6) is 0 Å². The number of aryl methyl sites for hydroxylation is 1. The fourth-order valence-corrected chi connectivity index (χ4v) is 2.01. The number of aliphatic hydroxyl groups is 1. The van der Waals surface area contributed by atoms with Gasteiger partial charge in [-0.3, -0.25) is 9.78 Å². The van der Waals surface area contributed by atoms with Crippen LogP contribution in [0.1, 0.15) is 32.0 Å². The Balaban J connectivity index is 0.000000423. The molecule has 0 radical (unpaired) electrons. The van der Waals surface area contributed by atoms with Gasteiger partial charge in [0.25, 0.3) is 0 Å². The van der Waals surface area contributed by atoms with Crippen LogP contribution in [-0.2, 0) is 15.7 Å². The zero-order valence-electron chi connectivity index (χ0n) is 13.5. The number of nitrogens with zero attached hydrogens (tertiary/aromatic N) is 1. The molecule has 8 heteroatoms. The second-order valence-electron chi connectivity index (χ2n) is 4.73. The van der Waals surface area contributed by atoms with E-state index in [0.717, 1.165) is 12.3 Å². The van der Waals surface area contributed by atoms with Crippen molar-refractivity contribution in [3.05, 3.63) is 39.3 Å². The first kappa shape index (κ1) is 21.6. The highest BCUT2D eigenvalue weighted by molar-refractivity contribution is 9.10. The summed E-state index contributed by atoms with van der Waals surface area (Å²) in [6.07, 6.45) is -3.88. The quantitative estimate of drug-likeness (QED) is 0.617. The SMILES string of the molecule is CO/C(=C(\C)C(C)=O)C(C)O.Cc1cc(C(F)(F)F)c(Br)cn1. The summed E-state index contributed by atoms with van der Waals surface area (Å²) in [7, 11) is 1.44. The number of methoxy groups -OCH3 is 1. The summed E-state index contributed by atoms with van der Waals surface area (Å²) in [4.78, 5) is 14.5. The number of halogens is 4. The molecule has 1 unspecified atom stereocenters. The van der Waals surface area contributed by atoms with Crippen molar-refractivity contribution in [3.63, 3.8) is 0 Å². The third-order valence-corrected chi connectivity index (χ3v) is 3.43. The maximum absolute atomic E-state index is 12.2. The molecule has 0 aromatic carbocycles. The van der Waals surface area contributed by atoms with Crippen LogP contribution in [0.15, 0.2) is 28.1 Å². The van der Waals surface area contributed by atoms with Gasteiger partial charge in [0.15, 0.2) is 5.78 Å². The van der Waals surface area contributed by atoms with Crippen LogP contribution in [0.2, 0.25) is 0 Å². The first-order chi connectivity index (χ1) is 10.4. The Labute approximate surface area is 141 Å². The second kappa shape index (κ2) is 9.02. The summed E-state index contributed by atoms with van der Waals surface area (Å²) in [5, 5.41) is 9.10. The minimum Gasteiger partial charge on any atom is -0.498 e. The fraction of sp³-hybridized carbons (Fsp3) is 0.467. The fourth-order valence-electron chi connectivity index (χ4n) is 1.57. The predicted molar refractivity (Wildman–Crippen MR) is 83.7 cm³/mol. The Morgan fingerprint density at radius 3 is 2.17 bits per heavy atom. The van der Waals surface area contributed by atoms with E-state index in [9.17, 15) is 18.0 Å². The highest BCUT2D eigenvalue weighted by Gasteiger charge is 2.33. The summed E-state index contributed by atoms with van der Waals surface area (Å²) in [6.45, 7) is 6.15. The van der Waals surface area contributed by atoms with Crippen LogP contribution < -0.4 is 0 Å². The lowest BCUT2D eigenvalue weighted by Gasteiger charge is -2.11. The lowest BCUT2D eigenvalue weighted by molar-refractivity contribution is -0.138. The van der Waals surface area contributed by atoms with Crippen molar-refractivity contribution in [1.82, 2.24) is 4.98 Å². The van der Waals surface area contributed by atoms with Gasteiger partial charge in [-0.2, -0.15) is 13.2 Å². The van der Waals surface area contributed by atoms with Crippen LogP contribution in [0.4, 0.5) is 13.2 Å². The van der Waals surface area contributed by atoms with E-state index >= 15 is 0 Å². The van der Waals surface area contributed by atoms with Gasteiger partial charge in [-0.15, -0.1) is 0 Å². The number of alkyl halides is 3. The number of ketones is 1. The largest absolute Gasteiger partial charge is 0.498 e. The molecule has 0 fully saturated rings. The van der Waals surface area contributed by atoms with Crippen LogP contribution >= 0.6 is 15.9 Å². The number of carbonyl (C=O) groups is 1. The number of aromatic nitrogens is 1. The van der Waals surface area contributed by atoms with E-state index in [1.807, 2.05) is 0 Å². The van der Waals surface area contributed by atoms with Crippen LogP contribution in [0, 0.1) is 6.92 Å². The number of carbonyl (C=O) groups excluding carboxylic acids is 1. The van der Waals surface area contributed by atoms with Gasteiger partial charge in [-0.1, -0.05) is 0 Å². The van der Waals surface area contributed by atoms with Crippen molar-refractivity contribution in [3.8, 4) is 0 Å². The Bertz CT molecular complexity index is 584. The molecule has 1 aromatic heterocycles. The van der Waals surface area contributed by atoms with Crippen molar-refractivity contribution < 1.29 is 27.8 Å². The van der Waals surface area contributed by atoms with E-state index in [0.29, 0.717) is 17.0 Å². The van der Waals surface area contributed by atoms with Crippen LogP contribution in [-0.4, -0.2) is 29.1 Å². The highest BCUT2D eigenvalue weighted by Crippen LogP contribution is 2.34. The number of ether oxygens (including phenoxy) is 1. The minimum absolute atomic E-state index is 0.0272. The number of Topliss-reactive ketones (excluding diaryl/α,β-unsaturated/α-hetero) is 1. The van der Waals surface area contributed by atoms with E-state index < -0.39 is 17.8 Å². The van der Waals surface area contributed by atoms with Gasteiger partial charge < -0.3 is 9.84 Å². The molecular weight excluding hydrogens is 379 g/mol. The number of hydrogen-bond donors (Lipinski definition) is 1. The average Bonchev–Trinajstić information content (AvgIpc) is 2.41. The molecule has 0 aliphatic heterocycles. The Morgan fingerprint density at radius 2 is 1.91 bits per heavy atom. The zero-order chi connectivity index (χ0) is 18.4. The van der Waals surface area contributed by atoms with Gasteiger partial charge in [0.2, 0.25) is 0 Å². The van der Waals surface area contributed by atoms with Crippen molar-refractivity contribution in [2.75, 3.05) is 7.11 Å². The van der Waals surface area contributed by atoms with Crippen LogP contribution in [0.3, 0.4) is 0 Å². The predicted octanol–water partition coefficient (Wildman–Crippen LogP) is 4.05. The lowest BCUT2D eigenvalue weighted by Crippen LogP contribution is -2.11. The molecule has 4 nitrogen and oxygen atoms in total. The lowest BCUT2D eigenvalue weighted by atomic mass is 10.1. The normalized spacial score (nSPS) is 13.5. The molecule has 0 aliphatic rings. The van der Waals surface area contributed by atoms with Crippen molar-refractivity contribution in [2.24, 2.45) is 0 Å². The monoisotopic (exact) mass is 397 g/mol. The second-order valence-corrected chi connectivity index (χ2v) is 5.58. The number of hydrogen-bond acceptors (Lipinski definition) is 4. The molecule has 1 aromatic rings. The summed E-state index contributed by atoms with van der Waals surface area (Å²) in [5.74, 6) is 0.264. The number of rotatable bonds is 3. The number of pyridine rings is 1. The molecule has 1 rings (SSSR count). The van der Waals surface area contributed by atoms with Gasteiger partial charge in [-0.05, 0) is 49.7 Å². The molecule has 0 saturated heterocycles. The summed E-state index contributed by atoms with van der Waals surface area (Å²) >= 11 is 2.78. The maximum Gasteiger partial charge on any atom is 0.417 e. The molecule has 0 aliphatic carbocycles. The average molecular weight is 398 g/mol. The molecule has 0 amide bonds. The minimum atomic E-state index is -4.31. The van der Waals surface area contributed by atoms with Gasteiger partial charge >= 0.3 is 6.18 Å². The Morgan fingerprint density at radius 1 is 1.39 bits per heavy atom. The standard InChI is InChI=1S/C8H14O3.C7H5BrF3N/c1-5(6(2)9)8(11-4)7(3)10;1-4-2-5(7(9,10)11)6(8)3-12-4/h7,10H,1-4H3;2-3H,1H3/b8-5+;. The first-order valence-electron chi connectivity index (χ1n) is 6.54. The summed E-state index contributed by atoms with van der Waals surface area (Å²) in [5.41, 5.74) is 0.142. The van der Waals surface area contributed by atoms with E-state index in [4.69, 9.17) is 9.84 Å². The first-order valence-corrected chi connectivity index (χ1v) is 7.34. The Kier molecular flexibility index (Phi) is 8.47. The third-order valence-electron chi connectivity index (χ3n) is 2.79. The summed E-state index contributed by atoms with van der Waals surface area (Å²) in [6, 6.07) is 1.00. The molecule has 1 heterocycles. The maximum atomic E-state index is 12.2.